The first kappa shape index (κ1) is 25.3. The Morgan fingerprint density at radius 2 is 1.86 bits per heavy atom. The van der Waals surface area contributed by atoms with Gasteiger partial charge in [-0.2, -0.15) is 0 Å². The Kier molecular flexibility index (Phi) is 8.84. The molecule has 4 rings (SSSR count). The van der Waals surface area contributed by atoms with Gasteiger partial charge in [-0.25, -0.2) is 4.79 Å². The Labute approximate surface area is 214 Å². The molecule has 0 bridgehead atoms. The van der Waals surface area contributed by atoms with Crippen LogP contribution in [0.3, 0.4) is 0 Å². The van der Waals surface area contributed by atoms with E-state index in [0.717, 1.165) is 59.3 Å². The Morgan fingerprint density at radius 3 is 2.57 bits per heavy atom. The lowest BCUT2D eigenvalue weighted by Gasteiger charge is -2.27. The van der Waals surface area contributed by atoms with Crippen molar-refractivity contribution in [3.05, 3.63) is 76.2 Å². The second-order valence-electron chi connectivity index (χ2n) is 8.32. The van der Waals surface area contributed by atoms with Gasteiger partial charge >= 0.3 is 5.97 Å². The monoisotopic (exact) mass is 510 g/mol. The van der Waals surface area contributed by atoms with Crippen molar-refractivity contribution in [1.29, 1.82) is 0 Å². The van der Waals surface area contributed by atoms with Crippen molar-refractivity contribution < 1.29 is 19.1 Å². The third-order valence-corrected chi connectivity index (χ3v) is 8.13. The molecule has 1 amide bonds. The first-order valence-electron chi connectivity index (χ1n) is 11.6. The van der Waals surface area contributed by atoms with Crippen LogP contribution in [-0.2, 0) is 29.0 Å². The summed E-state index contributed by atoms with van der Waals surface area (Å²) >= 11 is 3.21. The normalized spacial score (nSPS) is 13.2. The summed E-state index contributed by atoms with van der Waals surface area (Å²) in [6.45, 7) is 2.48. The molecule has 8 heteroatoms. The van der Waals surface area contributed by atoms with Crippen molar-refractivity contribution in [3.8, 4) is 5.75 Å². The van der Waals surface area contributed by atoms with Gasteiger partial charge in [0.25, 0.3) is 0 Å². The molecular formula is C27H30N2O4S2. The van der Waals surface area contributed by atoms with Crippen molar-refractivity contribution in [3.63, 3.8) is 0 Å². The van der Waals surface area contributed by atoms with Gasteiger partial charge in [-0.3, -0.25) is 9.69 Å². The van der Waals surface area contributed by atoms with Crippen LogP contribution in [0.15, 0.2) is 59.5 Å². The van der Waals surface area contributed by atoms with Crippen LogP contribution in [0.2, 0.25) is 0 Å². The summed E-state index contributed by atoms with van der Waals surface area (Å²) < 4.78 is 10.2. The summed E-state index contributed by atoms with van der Waals surface area (Å²) in [4.78, 5) is 29.9. The van der Waals surface area contributed by atoms with E-state index in [1.807, 2.05) is 42.5 Å². The summed E-state index contributed by atoms with van der Waals surface area (Å²) in [7, 11) is 3.04. The van der Waals surface area contributed by atoms with Gasteiger partial charge in [0.1, 0.15) is 10.8 Å². The van der Waals surface area contributed by atoms with E-state index in [-0.39, 0.29) is 11.9 Å². The zero-order valence-corrected chi connectivity index (χ0v) is 21.7. The van der Waals surface area contributed by atoms with Crippen LogP contribution in [0, 0.1) is 0 Å². The Balaban J connectivity index is 1.35. The number of carbonyl (C=O) groups is 2. The minimum absolute atomic E-state index is 0.0785. The number of rotatable bonds is 10. The first-order valence-corrected chi connectivity index (χ1v) is 13.4. The molecular weight excluding hydrogens is 480 g/mol. The number of hydrogen-bond acceptors (Lipinski definition) is 7. The van der Waals surface area contributed by atoms with Gasteiger partial charge in [0, 0.05) is 35.8 Å². The summed E-state index contributed by atoms with van der Waals surface area (Å²) in [6.07, 6.45) is 1.90. The number of fused-ring (bicyclic) bond motifs is 1. The van der Waals surface area contributed by atoms with Gasteiger partial charge in [0.15, 0.2) is 0 Å². The van der Waals surface area contributed by atoms with Crippen molar-refractivity contribution in [2.75, 3.05) is 31.8 Å². The van der Waals surface area contributed by atoms with E-state index in [2.05, 4.69) is 22.3 Å². The zero-order chi connectivity index (χ0) is 24.6. The molecule has 2 heterocycles. The number of anilines is 1. The van der Waals surface area contributed by atoms with E-state index in [4.69, 9.17) is 9.47 Å². The number of methoxy groups -OCH3 is 2. The zero-order valence-electron chi connectivity index (χ0n) is 20.0. The molecule has 1 N–H and O–H groups in total. The summed E-state index contributed by atoms with van der Waals surface area (Å²) in [5, 5.41) is 3.60. The van der Waals surface area contributed by atoms with Gasteiger partial charge in [0.05, 0.1) is 19.8 Å². The number of hydrogen-bond donors (Lipinski definition) is 1. The average molecular weight is 511 g/mol. The molecule has 0 unspecified atom stereocenters. The molecule has 0 spiro atoms. The predicted octanol–water partition coefficient (Wildman–Crippen LogP) is 5.61. The fourth-order valence-electron chi connectivity index (χ4n) is 4.12. The molecule has 1 aliphatic rings. The lowest BCUT2D eigenvalue weighted by Crippen LogP contribution is -2.29. The fourth-order valence-corrected chi connectivity index (χ4v) is 6.27. The lowest BCUT2D eigenvalue weighted by atomic mass is 10.0. The fraction of sp³-hybridized carbons (Fsp3) is 0.333. The highest BCUT2D eigenvalue weighted by Gasteiger charge is 2.29. The van der Waals surface area contributed by atoms with Crippen LogP contribution in [0.5, 0.6) is 5.75 Å². The number of carbonyl (C=O) groups excluding carboxylic acids is 2. The molecule has 2 aromatic carbocycles. The quantitative estimate of drug-likeness (QED) is 0.217. The number of nitrogens with zero attached hydrogens (tertiary/aromatic N) is 1. The molecule has 0 saturated carbocycles. The summed E-state index contributed by atoms with van der Waals surface area (Å²) in [6, 6.07) is 18.3. The van der Waals surface area contributed by atoms with E-state index in [9.17, 15) is 9.59 Å². The number of nitrogens with one attached hydrogen (secondary N) is 1. The van der Waals surface area contributed by atoms with Crippen LogP contribution >= 0.6 is 23.1 Å². The largest absolute Gasteiger partial charge is 0.497 e. The molecule has 3 aromatic rings. The minimum atomic E-state index is -0.385. The summed E-state index contributed by atoms with van der Waals surface area (Å²) in [5.41, 5.74) is 2.80. The number of thiophene rings is 1. The maximum Gasteiger partial charge on any atom is 0.341 e. The smallest absolute Gasteiger partial charge is 0.341 e. The Morgan fingerprint density at radius 1 is 1.09 bits per heavy atom. The first-order chi connectivity index (χ1) is 17.1. The molecule has 1 aliphatic heterocycles. The summed E-state index contributed by atoms with van der Waals surface area (Å²) in [5.74, 6) is 1.20. The van der Waals surface area contributed by atoms with Gasteiger partial charge in [0.2, 0.25) is 5.91 Å². The van der Waals surface area contributed by atoms with Crippen LogP contribution in [0.25, 0.3) is 0 Å². The SMILES string of the molecule is COC(=O)c1c(NC(=O)CCCSc2ccc(OC)cc2)sc2c1CCN(Cc1ccccc1)C2. The van der Waals surface area contributed by atoms with Gasteiger partial charge in [-0.1, -0.05) is 30.3 Å². The molecule has 184 valence electrons. The van der Waals surface area contributed by atoms with Crippen LogP contribution in [0.4, 0.5) is 5.00 Å². The Hall–Kier alpha value is -2.81. The highest BCUT2D eigenvalue weighted by molar-refractivity contribution is 7.99. The highest BCUT2D eigenvalue weighted by Crippen LogP contribution is 2.38. The highest BCUT2D eigenvalue weighted by atomic mass is 32.2. The van der Waals surface area contributed by atoms with E-state index in [1.54, 1.807) is 18.9 Å². The maximum absolute atomic E-state index is 12.7. The van der Waals surface area contributed by atoms with Crippen molar-refractivity contribution in [2.45, 2.75) is 37.2 Å². The number of ether oxygens (including phenoxy) is 2. The second kappa shape index (κ2) is 12.2. The van der Waals surface area contributed by atoms with Gasteiger partial charge in [-0.05, 0) is 54.0 Å². The number of thioether (sulfide) groups is 1. The molecule has 35 heavy (non-hydrogen) atoms. The molecule has 6 nitrogen and oxygen atoms in total. The lowest BCUT2D eigenvalue weighted by molar-refractivity contribution is -0.116. The Bertz CT molecular complexity index is 1150. The number of esters is 1. The molecule has 0 saturated heterocycles. The topological polar surface area (TPSA) is 67.9 Å². The van der Waals surface area contributed by atoms with Crippen LogP contribution < -0.4 is 10.1 Å². The van der Waals surface area contributed by atoms with Crippen molar-refractivity contribution in [2.24, 2.45) is 0 Å². The van der Waals surface area contributed by atoms with Crippen molar-refractivity contribution >= 4 is 40.0 Å². The van der Waals surface area contributed by atoms with Gasteiger partial charge in [-0.15, -0.1) is 23.1 Å². The minimum Gasteiger partial charge on any atom is -0.497 e. The van der Waals surface area contributed by atoms with Crippen LogP contribution in [0.1, 0.15) is 39.2 Å². The van der Waals surface area contributed by atoms with Crippen molar-refractivity contribution in [1.82, 2.24) is 4.90 Å². The van der Waals surface area contributed by atoms with Crippen LogP contribution in [-0.4, -0.2) is 43.3 Å². The predicted molar refractivity (Wildman–Crippen MR) is 142 cm³/mol. The second-order valence-corrected chi connectivity index (χ2v) is 10.6. The molecule has 0 atom stereocenters. The standard InChI is InChI=1S/C27H30N2O4S2/c1-32-20-10-12-21(13-11-20)34-16-6-9-24(30)28-26-25(27(31)33-2)22-14-15-29(18-23(22)35-26)17-19-7-4-3-5-8-19/h3-5,7-8,10-13H,6,9,14-18H2,1-2H3,(H,28,30). The number of amides is 1. The van der Waals surface area contributed by atoms with Gasteiger partial charge < -0.3 is 14.8 Å². The molecule has 1 aromatic heterocycles. The molecule has 0 fully saturated rings. The van der Waals surface area contributed by atoms with E-state index < -0.39 is 0 Å². The third-order valence-electron chi connectivity index (χ3n) is 5.90. The molecule has 0 aliphatic carbocycles. The average Bonchev–Trinajstić information content (AvgIpc) is 3.24. The maximum atomic E-state index is 12.7. The third kappa shape index (κ3) is 6.66. The van der Waals surface area contributed by atoms with E-state index in [1.165, 1.54) is 24.0 Å². The van der Waals surface area contributed by atoms with E-state index >= 15 is 0 Å². The number of benzene rings is 2. The van der Waals surface area contributed by atoms with E-state index in [0.29, 0.717) is 17.0 Å². The molecule has 0 radical (unpaired) electrons.